The molecule has 0 aromatic carbocycles. The van der Waals surface area contributed by atoms with Gasteiger partial charge in [-0.25, -0.2) is 0 Å². The van der Waals surface area contributed by atoms with Crippen LogP contribution in [-0.4, -0.2) is 73.8 Å². The molecule has 1 aromatic heterocycles. The van der Waals surface area contributed by atoms with Gasteiger partial charge in [0.2, 0.25) is 0 Å². The maximum Gasteiger partial charge on any atom is 0.191 e. The Labute approximate surface area is 177 Å². The first-order valence-corrected chi connectivity index (χ1v) is 10.4. The number of aliphatic imine (C=N–C) groups is 1. The molecule has 0 amide bonds. The molecule has 1 unspecified atom stereocenters. The Bertz CT molecular complexity index is 529. The molecule has 0 spiro atoms. The number of nitrogens with zero attached hydrogens (tertiary/aromatic N) is 2. The van der Waals surface area contributed by atoms with Crippen molar-refractivity contribution in [2.75, 3.05) is 57.4 Å². The molecule has 8 heteroatoms. The first-order valence-electron chi connectivity index (χ1n) is 9.27. The van der Waals surface area contributed by atoms with Crippen molar-refractivity contribution in [3.63, 3.8) is 0 Å². The number of thioether (sulfide) groups is 1. The Morgan fingerprint density at radius 1 is 1.35 bits per heavy atom. The van der Waals surface area contributed by atoms with Gasteiger partial charge in [0.1, 0.15) is 5.76 Å². The molecule has 0 bridgehead atoms. The maximum atomic E-state index is 5.54. The summed E-state index contributed by atoms with van der Waals surface area (Å²) in [6, 6.07) is 3.94. The lowest BCUT2D eigenvalue weighted by atomic mass is 9.96. The molecular formula is C18H31IN4O2S. The van der Waals surface area contributed by atoms with Crippen LogP contribution in [0.4, 0.5) is 0 Å². The van der Waals surface area contributed by atoms with E-state index in [-0.39, 0.29) is 29.5 Å². The molecule has 3 rings (SSSR count). The summed E-state index contributed by atoms with van der Waals surface area (Å²) in [5, 5.41) is 6.80. The van der Waals surface area contributed by atoms with Crippen LogP contribution in [0.1, 0.15) is 19.1 Å². The summed E-state index contributed by atoms with van der Waals surface area (Å²) in [7, 11) is 0. The first kappa shape index (κ1) is 21.8. The van der Waals surface area contributed by atoms with E-state index in [1.165, 1.54) is 17.9 Å². The molecular weight excluding hydrogens is 463 g/mol. The fraction of sp³-hybridized carbons (Fsp3) is 0.722. The summed E-state index contributed by atoms with van der Waals surface area (Å²) in [6.07, 6.45) is 3.80. The summed E-state index contributed by atoms with van der Waals surface area (Å²) >= 11 is 2.05. The van der Waals surface area contributed by atoms with Crippen LogP contribution in [0.25, 0.3) is 0 Å². The van der Waals surface area contributed by atoms with E-state index in [4.69, 9.17) is 14.1 Å². The number of nitrogens with one attached hydrogen (secondary N) is 2. The van der Waals surface area contributed by atoms with Gasteiger partial charge < -0.3 is 19.8 Å². The van der Waals surface area contributed by atoms with Crippen LogP contribution in [-0.2, 0) is 11.2 Å². The third-order valence-electron chi connectivity index (χ3n) is 4.88. The van der Waals surface area contributed by atoms with Crippen molar-refractivity contribution in [1.82, 2.24) is 15.5 Å². The largest absolute Gasteiger partial charge is 0.469 e. The van der Waals surface area contributed by atoms with Crippen molar-refractivity contribution in [1.29, 1.82) is 0 Å². The summed E-state index contributed by atoms with van der Waals surface area (Å²) < 4.78 is 10.9. The molecule has 1 atom stereocenters. The van der Waals surface area contributed by atoms with Crippen LogP contribution in [0.15, 0.2) is 27.8 Å². The average Bonchev–Trinajstić information content (AvgIpc) is 3.33. The van der Waals surface area contributed by atoms with Crippen molar-refractivity contribution < 1.29 is 9.15 Å². The van der Waals surface area contributed by atoms with Crippen molar-refractivity contribution >= 4 is 41.7 Å². The van der Waals surface area contributed by atoms with Crippen molar-refractivity contribution in [2.24, 2.45) is 4.99 Å². The number of furan rings is 1. The van der Waals surface area contributed by atoms with Crippen LogP contribution in [0.3, 0.4) is 0 Å². The fourth-order valence-corrected chi connectivity index (χ4v) is 4.90. The number of rotatable bonds is 7. The Hall–Kier alpha value is -0.450. The van der Waals surface area contributed by atoms with Gasteiger partial charge in [-0.15, -0.1) is 24.0 Å². The number of guanidine groups is 1. The van der Waals surface area contributed by atoms with Crippen LogP contribution >= 0.6 is 35.7 Å². The molecule has 0 saturated carbocycles. The van der Waals surface area contributed by atoms with Gasteiger partial charge in [0, 0.05) is 38.4 Å². The van der Waals surface area contributed by atoms with Crippen LogP contribution in [0.5, 0.6) is 0 Å². The standard InChI is InChI=1S/C18H30N4O2S.HI/c1-2-19-17(20-7-5-16-4-3-10-24-16)21-14-18(6-13-25-15-18)22-8-11-23-12-9-22;/h3-4,10H,2,5-9,11-15H2,1H3,(H2,19,20,21);1H. The summed E-state index contributed by atoms with van der Waals surface area (Å²) in [6.45, 7) is 8.37. The van der Waals surface area contributed by atoms with Gasteiger partial charge in [-0.2, -0.15) is 11.8 Å². The second-order valence-electron chi connectivity index (χ2n) is 6.58. The van der Waals surface area contributed by atoms with E-state index in [9.17, 15) is 0 Å². The van der Waals surface area contributed by atoms with Crippen molar-refractivity contribution in [3.05, 3.63) is 24.2 Å². The SMILES string of the molecule is CCNC(=NCC1(N2CCOCC2)CCSC1)NCCc1ccco1.I. The lowest BCUT2D eigenvalue weighted by Crippen LogP contribution is -2.56. The highest BCUT2D eigenvalue weighted by Crippen LogP contribution is 2.34. The van der Waals surface area contributed by atoms with E-state index < -0.39 is 0 Å². The first-order chi connectivity index (χ1) is 12.3. The monoisotopic (exact) mass is 494 g/mol. The van der Waals surface area contributed by atoms with Crippen molar-refractivity contribution in [2.45, 2.75) is 25.3 Å². The second kappa shape index (κ2) is 11.4. The highest BCUT2D eigenvalue weighted by molar-refractivity contribution is 14.0. The molecule has 148 valence electrons. The molecule has 2 fully saturated rings. The van der Waals surface area contributed by atoms with Crippen molar-refractivity contribution in [3.8, 4) is 0 Å². The molecule has 2 aliphatic rings. The highest BCUT2D eigenvalue weighted by atomic mass is 127. The molecule has 3 heterocycles. The van der Waals surface area contributed by atoms with E-state index >= 15 is 0 Å². The lowest BCUT2D eigenvalue weighted by Gasteiger charge is -2.42. The average molecular weight is 494 g/mol. The zero-order chi connectivity index (χ0) is 17.4. The fourth-order valence-electron chi connectivity index (χ4n) is 3.44. The molecule has 2 aliphatic heterocycles. The number of ether oxygens (including phenoxy) is 1. The normalized spacial score (nSPS) is 24.3. The van der Waals surface area contributed by atoms with Gasteiger partial charge in [0.15, 0.2) is 5.96 Å². The Morgan fingerprint density at radius 3 is 2.85 bits per heavy atom. The highest BCUT2D eigenvalue weighted by Gasteiger charge is 2.40. The third-order valence-corrected chi connectivity index (χ3v) is 6.12. The van der Waals surface area contributed by atoms with Gasteiger partial charge in [0.05, 0.1) is 31.6 Å². The van der Waals surface area contributed by atoms with Gasteiger partial charge in [-0.05, 0) is 31.2 Å². The van der Waals surface area contributed by atoms with E-state index in [1.807, 2.05) is 12.1 Å². The van der Waals surface area contributed by atoms with Crippen LogP contribution < -0.4 is 10.6 Å². The van der Waals surface area contributed by atoms with E-state index in [2.05, 4.69) is 34.2 Å². The predicted octanol–water partition coefficient (Wildman–Crippen LogP) is 2.20. The Morgan fingerprint density at radius 2 is 2.19 bits per heavy atom. The lowest BCUT2D eigenvalue weighted by molar-refractivity contribution is -0.0104. The summed E-state index contributed by atoms with van der Waals surface area (Å²) in [4.78, 5) is 7.53. The number of morpholine rings is 1. The second-order valence-corrected chi connectivity index (χ2v) is 7.68. The minimum atomic E-state index is 0. The molecule has 2 N–H and O–H groups in total. The number of hydrogen-bond acceptors (Lipinski definition) is 5. The van der Waals surface area contributed by atoms with E-state index in [0.717, 1.165) is 64.1 Å². The van der Waals surface area contributed by atoms with E-state index in [1.54, 1.807) is 6.26 Å². The zero-order valence-electron chi connectivity index (χ0n) is 15.5. The molecule has 0 radical (unpaired) electrons. The van der Waals surface area contributed by atoms with E-state index in [0.29, 0.717) is 0 Å². The topological polar surface area (TPSA) is 62.0 Å². The predicted molar refractivity (Wildman–Crippen MR) is 119 cm³/mol. The van der Waals surface area contributed by atoms with Gasteiger partial charge in [0.25, 0.3) is 0 Å². The minimum absolute atomic E-state index is 0. The molecule has 26 heavy (non-hydrogen) atoms. The molecule has 6 nitrogen and oxygen atoms in total. The molecule has 1 aromatic rings. The Balaban J connectivity index is 0.00000243. The zero-order valence-corrected chi connectivity index (χ0v) is 18.7. The van der Waals surface area contributed by atoms with Gasteiger partial charge in [-0.3, -0.25) is 9.89 Å². The number of halogens is 1. The maximum absolute atomic E-state index is 5.54. The number of hydrogen-bond donors (Lipinski definition) is 2. The molecule has 2 saturated heterocycles. The van der Waals surface area contributed by atoms with Gasteiger partial charge in [-0.1, -0.05) is 0 Å². The summed E-state index contributed by atoms with van der Waals surface area (Å²) in [5.41, 5.74) is 0.192. The van der Waals surface area contributed by atoms with Gasteiger partial charge >= 0.3 is 0 Å². The van der Waals surface area contributed by atoms with Crippen LogP contribution in [0, 0.1) is 0 Å². The third kappa shape index (κ3) is 6.03. The quantitative estimate of drug-likeness (QED) is 0.345. The minimum Gasteiger partial charge on any atom is -0.469 e. The smallest absolute Gasteiger partial charge is 0.191 e. The van der Waals surface area contributed by atoms with Crippen LogP contribution in [0.2, 0.25) is 0 Å². The summed E-state index contributed by atoms with van der Waals surface area (Å²) in [5.74, 6) is 4.30. The Kier molecular flexibility index (Phi) is 9.58. The molecule has 0 aliphatic carbocycles.